The number of hydrogen-bond donors (Lipinski definition) is 2. The number of aryl methyl sites for hydroxylation is 1. The van der Waals surface area contributed by atoms with Crippen LogP contribution >= 0.6 is 11.8 Å². The van der Waals surface area contributed by atoms with Crippen LogP contribution in [0.2, 0.25) is 0 Å². The smallest absolute Gasteiger partial charge is 0.191 e. The number of rotatable bonds is 7. The average Bonchev–Trinajstić information content (AvgIpc) is 3.01. The van der Waals surface area contributed by atoms with Gasteiger partial charge in [-0.25, -0.2) is 0 Å². The molecule has 132 valence electrons. The Bertz CT molecular complexity index is 562. The third kappa shape index (κ3) is 6.00. The van der Waals surface area contributed by atoms with Crippen molar-refractivity contribution in [1.29, 1.82) is 0 Å². The fourth-order valence-corrected chi connectivity index (χ4v) is 3.25. The van der Waals surface area contributed by atoms with E-state index in [2.05, 4.69) is 44.7 Å². The summed E-state index contributed by atoms with van der Waals surface area (Å²) in [6.07, 6.45) is 11.6. The molecule has 1 fully saturated rings. The van der Waals surface area contributed by atoms with Crippen LogP contribution in [0.3, 0.4) is 0 Å². The van der Waals surface area contributed by atoms with Gasteiger partial charge in [0.2, 0.25) is 0 Å². The number of guanidine groups is 1. The molecule has 0 aliphatic carbocycles. The van der Waals surface area contributed by atoms with E-state index in [1.165, 1.54) is 12.1 Å². The monoisotopic (exact) mass is 348 g/mol. The molecular formula is C17H28N6S. The Morgan fingerprint density at radius 1 is 1.58 bits per heavy atom. The van der Waals surface area contributed by atoms with Gasteiger partial charge < -0.3 is 15.5 Å². The summed E-state index contributed by atoms with van der Waals surface area (Å²) in [5, 5.41) is 11.2. The van der Waals surface area contributed by atoms with Gasteiger partial charge in [-0.15, -0.1) is 18.2 Å². The van der Waals surface area contributed by atoms with E-state index in [4.69, 9.17) is 6.42 Å². The SMILES string of the molecule is C#CCSCCN=C(NCC)NC1CCCN(c2cnn(C)c2)C1. The van der Waals surface area contributed by atoms with Gasteiger partial charge in [0.25, 0.3) is 0 Å². The van der Waals surface area contributed by atoms with Crippen LogP contribution in [0, 0.1) is 12.3 Å². The molecular weight excluding hydrogens is 320 g/mol. The standard InChI is InChI=1S/C17H28N6S/c1-4-10-24-11-8-19-17(18-5-2)21-15-7-6-9-23(13-15)16-12-20-22(3)14-16/h1,12,14-15H,5-11,13H2,2-3H3,(H2,18,19,21). The maximum atomic E-state index is 5.26. The molecule has 24 heavy (non-hydrogen) atoms. The summed E-state index contributed by atoms with van der Waals surface area (Å²) in [5.41, 5.74) is 1.19. The Morgan fingerprint density at radius 3 is 3.17 bits per heavy atom. The highest BCUT2D eigenvalue weighted by Crippen LogP contribution is 2.18. The van der Waals surface area contributed by atoms with Crippen molar-refractivity contribution >= 4 is 23.4 Å². The van der Waals surface area contributed by atoms with Gasteiger partial charge >= 0.3 is 0 Å². The minimum absolute atomic E-state index is 0.398. The summed E-state index contributed by atoms with van der Waals surface area (Å²) >= 11 is 1.74. The lowest BCUT2D eigenvalue weighted by Gasteiger charge is -2.34. The lowest BCUT2D eigenvalue weighted by molar-refractivity contribution is 0.468. The number of nitrogens with one attached hydrogen (secondary N) is 2. The first-order valence-electron chi connectivity index (χ1n) is 8.52. The van der Waals surface area contributed by atoms with Gasteiger partial charge in [-0.3, -0.25) is 9.67 Å². The third-order valence-corrected chi connectivity index (χ3v) is 4.70. The predicted octanol–water partition coefficient (Wildman–Crippen LogP) is 1.31. The predicted molar refractivity (Wildman–Crippen MR) is 104 cm³/mol. The number of terminal acetylenes is 1. The highest BCUT2D eigenvalue weighted by Gasteiger charge is 2.21. The molecule has 2 heterocycles. The molecule has 1 aliphatic heterocycles. The third-order valence-electron chi connectivity index (χ3n) is 3.85. The number of aromatic nitrogens is 2. The maximum Gasteiger partial charge on any atom is 0.191 e. The number of nitrogens with zero attached hydrogens (tertiary/aromatic N) is 4. The number of thioether (sulfide) groups is 1. The van der Waals surface area contributed by atoms with Crippen LogP contribution in [-0.2, 0) is 7.05 Å². The first-order chi connectivity index (χ1) is 11.7. The minimum atomic E-state index is 0.398. The zero-order chi connectivity index (χ0) is 17.2. The molecule has 6 nitrogen and oxygen atoms in total. The highest BCUT2D eigenvalue weighted by atomic mass is 32.2. The molecule has 7 heteroatoms. The first kappa shape index (κ1) is 18.5. The molecule has 0 amide bonds. The molecule has 1 aromatic rings. The lowest BCUT2D eigenvalue weighted by Crippen LogP contribution is -2.51. The van der Waals surface area contributed by atoms with E-state index in [-0.39, 0.29) is 0 Å². The van der Waals surface area contributed by atoms with Gasteiger partial charge in [-0.05, 0) is 19.8 Å². The van der Waals surface area contributed by atoms with E-state index < -0.39 is 0 Å². The van der Waals surface area contributed by atoms with Gasteiger partial charge in [0.1, 0.15) is 0 Å². The van der Waals surface area contributed by atoms with Crippen LogP contribution in [0.5, 0.6) is 0 Å². The van der Waals surface area contributed by atoms with Crippen LogP contribution in [-0.4, -0.2) is 59.5 Å². The molecule has 0 bridgehead atoms. The number of anilines is 1. The molecule has 1 unspecified atom stereocenters. The lowest BCUT2D eigenvalue weighted by atomic mass is 10.1. The second-order valence-electron chi connectivity index (χ2n) is 5.82. The zero-order valence-electron chi connectivity index (χ0n) is 14.7. The largest absolute Gasteiger partial charge is 0.367 e. The van der Waals surface area contributed by atoms with Crippen LogP contribution in [0.4, 0.5) is 5.69 Å². The Morgan fingerprint density at radius 2 is 2.46 bits per heavy atom. The molecule has 1 atom stereocenters. The van der Waals surface area contributed by atoms with Gasteiger partial charge in [-0.1, -0.05) is 5.92 Å². The van der Waals surface area contributed by atoms with Crippen molar-refractivity contribution in [3.05, 3.63) is 12.4 Å². The molecule has 0 aromatic carbocycles. The summed E-state index contributed by atoms with van der Waals surface area (Å²) in [7, 11) is 1.96. The fraction of sp³-hybridized carbons (Fsp3) is 0.647. The summed E-state index contributed by atoms with van der Waals surface area (Å²) < 4.78 is 1.85. The van der Waals surface area contributed by atoms with E-state index in [0.717, 1.165) is 50.1 Å². The topological polar surface area (TPSA) is 57.5 Å². The average molecular weight is 349 g/mol. The summed E-state index contributed by atoms with van der Waals surface area (Å²) in [6, 6.07) is 0.398. The molecule has 0 radical (unpaired) electrons. The van der Waals surface area contributed by atoms with Crippen molar-refractivity contribution in [3.63, 3.8) is 0 Å². The Balaban J connectivity index is 1.86. The minimum Gasteiger partial charge on any atom is -0.367 e. The van der Waals surface area contributed by atoms with Crippen molar-refractivity contribution in [1.82, 2.24) is 20.4 Å². The van der Waals surface area contributed by atoms with E-state index in [9.17, 15) is 0 Å². The normalized spacial score (nSPS) is 18.3. The number of aliphatic imine (C=N–C) groups is 1. The van der Waals surface area contributed by atoms with Crippen LogP contribution in [0.15, 0.2) is 17.4 Å². The fourth-order valence-electron chi connectivity index (χ4n) is 2.77. The summed E-state index contributed by atoms with van der Waals surface area (Å²) in [4.78, 5) is 7.04. The van der Waals surface area contributed by atoms with E-state index in [1.54, 1.807) is 11.8 Å². The van der Waals surface area contributed by atoms with Gasteiger partial charge in [0, 0.05) is 44.7 Å². The van der Waals surface area contributed by atoms with Crippen LogP contribution in [0.25, 0.3) is 0 Å². The van der Waals surface area contributed by atoms with Gasteiger partial charge in [-0.2, -0.15) is 5.10 Å². The summed E-state index contributed by atoms with van der Waals surface area (Å²) in [5.74, 6) is 5.24. The number of hydrogen-bond acceptors (Lipinski definition) is 4. The van der Waals surface area contributed by atoms with Crippen molar-refractivity contribution in [2.45, 2.75) is 25.8 Å². The molecule has 2 rings (SSSR count). The second-order valence-corrected chi connectivity index (χ2v) is 6.92. The Hall–Kier alpha value is -1.81. The van der Waals surface area contributed by atoms with Gasteiger partial charge in [0.05, 0.1) is 24.2 Å². The molecule has 2 N–H and O–H groups in total. The number of piperidine rings is 1. The molecule has 1 aromatic heterocycles. The first-order valence-corrected chi connectivity index (χ1v) is 9.68. The molecule has 1 saturated heterocycles. The molecule has 1 aliphatic rings. The Kier molecular flexibility index (Phi) is 7.83. The maximum absolute atomic E-state index is 5.26. The van der Waals surface area contributed by atoms with E-state index in [0.29, 0.717) is 6.04 Å². The van der Waals surface area contributed by atoms with Crippen molar-refractivity contribution in [3.8, 4) is 12.3 Å². The van der Waals surface area contributed by atoms with Crippen molar-refractivity contribution in [2.24, 2.45) is 12.0 Å². The zero-order valence-corrected chi connectivity index (χ0v) is 15.5. The molecule has 0 spiro atoms. The van der Waals surface area contributed by atoms with Crippen LogP contribution < -0.4 is 15.5 Å². The van der Waals surface area contributed by atoms with E-state index >= 15 is 0 Å². The van der Waals surface area contributed by atoms with Crippen LogP contribution in [0.1, 0.15) is 19.8 Å². The quantitative estimate of drug-likeness (QED) is 0.337. The van der Waals surface area contributed by atoms with E-state index in [1.807, 2.05) is 17.9 Å². The molecule has 0 saturated carbocycles. The second kappa shape index (κ2) is 10.1. The highest BCUT2D eigenvalue weighted by molar-refractivity contribution is 7.99. The van der Waals surface area contributed by atoms with Crippen molar-refractivity contribution < 1.29 is 0 Å². The van der Waals surface area contributed by atoms with Crippen molar-refractivity contribution in [2.75, 3.05) is 42.6 Å². The summed E-state index contributed by atoms with van der Waals surface area (Å²) in [6.45, 7) is 5.79. The van der Waals surface area contributed by atoms with Gasteiger partial charge in [0.15, 0.2) is 5.96 Å². The Labute approximate surface area is 149 Å².